The molecule has 3 saturated heterocycles. The lowest BCUT2D eigenvalue weighted by Gasteiger charge is -2.48. The number of hydrogen-bond acceptors (Lipinski definition) is 6. The maximum absolute atomic E-state index is 13.5. The van der Waals surface area contributed by atoms with Crippen LogP contribution >= 0.6 is 0 Å². The first-order valence-corrected chi connectivity index (χ1v) is 11.7. The Morgan fingerprint density at radius 1 is 1.18 bits per heavy atom. The van der Waals surface area contributed by atoms with Crippen LogP contribution in [0.3, 0.4) is 0 Å². The quantitative estimate of drug-likeness (QED) is 0.664. The van der Waals surface area contributed by atoms with Gasteiger partial charge in [-0.3, -0.25) is 9.69 Å². The van der Waals surface area contributed by atoms with Crippen LogP contribution in [0.1, 0.15) is 31.7 Å². The van der Waals surface area contributed by atoms with Gasteiger partial charge in [0.2, 0.25) is 0 Å². The number of ether oxygens (including phenoxy) is 2. The standard InChI is InChI=1S/C24H30F2N4O4/c1-17-10-21(34-23(32)29-6-8-33-9-7-29)22(31)30(14-17)24(16-27)2-4-28(5-3-24)15-18-11-19(25)13-20(26)12-18/h11-13,17,21H,2-10,14-15H2,1H3. The summed E-state index contributed by atoms with van der Waals surface area (Å²) >= 11 is 0. The summed E-state index contributed by atoms with van der Waals surface area (Å²) in [5, 5.41) is 10.1. The third-order valence-corrected chi connectivity index (χ3v) is 6.90. The summed E-state index contributed by atoms with van der Waals surface area (Å²) in [6.07, 6.45) is -0.214. The summed E-state index contributed by atoms with van der Waals surface area (Å²) in [5.41, 5.74) is -0.473. The molecule has 8 nitrogen and oxygen atoms in total. The van der Waals surface area contributed by atoms with Crippen molar-refractivity contribution in [1.82, 2.24) is 14.7 Å². The van der Waals surface area contributed by atoms with Crippen LogP contribution < -0.4 is 0 Å². The molecule has 0 bridgehead atoms. The van der Waals surface area contributed by atoms with Gasteiger partial charge in [-0.2, -0.15) is 5.26 Å². The van der Waals surface area contributed by atoms with E-state index in [1.807, 2.05) is 11.8 Å². The fraction of sp³-hybridized carbons (Fsp3) is 0.625. The van der Waals surface area contributed by atoms with Crippen LogP contribution in [-0.4, -0.2) is 84.3 Å². The Kier molecular flexibility index (Phi) is 7.33. The topological polar surface area (TPSA) is 86.1 Å². The van der Waals surface area contributed by atoms with Crippen molar-refractivity contribution in [2.75, 3.05) is 45.9 Å². The van der Waals surface area contributed by atoms with Crippen LogP contribution in [0.15, 0.2) is 18.2 Å². The van der Waals surface area contributed by atoms with Gasteiger partial charge in [0.15, 0.2) is 6.10 Å². The van der Waals surface area contributed by atoms with Gasteiger partial charge in [-0.05, 0) is 42.9 Å². The minimum Gasteiger partial charge on any atom is -0.436 e. The molecule has 3 fully saturated rings. The van der Waals surface area contributed by atoms with Crippen molar-refractivity contribution in [2.45, 2.75) is 44.4 Å². The number of nitrogens with zero attached hydrogens (tertiary/aromatic N) is 4. The van der Waals surface area contributed by atoms with Crippen molar-refractivity contribution in [3.05, 3.63) is 35.4 Å². The number of nitriles is 1. The van der Waals surface area contributed by atoms with Gasteiger partial charge in [0, 0.05) is 45.3 Å². The molecule has 1 aromatic carbocycles. The Morgan fingerprint density at radius 2 is 1.82 bits per heavy atom. The van der Waals surface area contributed by atoms with Crippen molar-refractivity contribution in [1.29, 1.82) is 5.26 Å². The molecule has 0 N–H and O–H groups in total. The number of amides is 2. The molecule has 0 radical (unpaired) electrons. The van der Waals surface area contributed by atoms with Crippen LogP contribution in [0.25, 0.3) is 0 Å². The molecule has 0 saturated carbocycles. The Balaban J connectivity index is 1.41. The first-order valence-electron chi connectivity index (χ1n) is 11.7. The normalized spacial score (nSPS) is 25.6. The highest BCUT2D eigenvalue weighted by atomic mass is 19.1. The van der Waals surface area contributed by atoms with Gasteiger partial charge >= 0.3 is 6.09 Å². The molecule has 1 aromatic rings. The van der Waals surface area contributed by atoms with Gasteiger partial charge < -0.3 is 19.3 Å². The van der Waals surface area contributed by atoms with E-state index in [9.17, 15) is 23.6 Å². The van der Waals surface area contributed by atoms with Crippen LogP contribution in [0.5, 0.6) is 0 Å². The highest BCUT2D eigenvalue weighted by Gasteiger charge is 2.48. The van der Waals surface area contributed by atoms with E-state index in [1.54, 1.807) is 4.90 Å². The Morgan fingerprint density at radius 3 is 2.44 bits per heavy atom. The van der Waals surface area contributed by atoms with E-state index in [0.29, 0.717) is 77.3 Å². The molecule has 0 aromatic heterocycles. The fourth-order valence-corrected chi connectivity index (χ4v) is 5.03. The second-order valence-electron chi connectivity index (χ2n) is 9.46. The second-order valence-corrected chi connectivity index (χ2v) is 9.46. The maximum atomic E-state index is 13.5. The zero-order valence-electron chi connectivity index (χ0n) is 19.3. The molecular weight excluding hydrogens is 446 g/mol. The van der Waals surface area contributed by atoms with E-state index in [4.69, 9.17) is 9.47 Å². The van der Waals surface area contributed by atoms with E-state index in [2.05, 4.69) is 6.07 Å². The smallest absolute Gasteiger partial charge is 0.410 e. The van der Waals surface area contributed by atoms with Crippen LogP contribution in [0, 0.1) is 28.9 Å². The molecule has 10 heteroatoms. The summed E-state index contributed by atoms with van der Waals surface area (Å²) in [6, 6.07) is 5.82. The summed E-state index contributed by atoms with van der Waals surface area (Å²) in [4.78, 5) is 31.1. The number of likely N-dealkylation sites (tertiary alicyclic amines) is 2. The molecule has 3 aliphatic heterocycles. The van der Waals surface area contributed by atoms with Gasteiger partial charge in [-0.1, -0.05) is 6.92 Å². The van der Waals surface area contributed by atoms with Crippen LogP contribution in [0.4, 0.5) is 13.6 Å². The van der Waals surface area contributed by atoms with Gasteiger partial charge in [0.25, 0.3) is 5.91 Å². The highest BCUT2D eigenvalue weighted by molar-refractivity contribution is 5.85. The lowest BCUT2D eigenvalue weighted by molar-refractivity contribution is -0.154. The zero-order valence-corrected chi connectivity index (χ0v) is 19.3. The number of carbonyl (C=O) groups excluding carboxylic acids is 2. The fourth-order valence-electron chi connectivity index (χ4n) is 5.03. The van der Waals surface area contributed by atoms with Crippen LogP contribution in [0.2, 0.25) is 0 Å². The van der Waals surface area contributed by atoms with E-state index in [0.717, 1.165) is 6.07 Å². The summed E-state index contributed by atoms with van der Waals surface area (Å²) in [7, 11) is 0. The first kappa shape index (κ1) is 24.4. The molecule has 184 valence electrons. The molecule has 0 aliphatic carbocycles. The average molecular weight is 477 g/mol. The van der Waals surface area contributed by atoms with E-state index in [1.165, 1.54) is 17.0 Å². The molecule has 2 unspecified atom stereocenters. The summed E-state index contributed by atoms with van der Waals surface area (Å²) in [6.45, 7) is 5.49. The number of rotatable bonds is 4. The number of hydrogen-bond donors (Lipinski definition) is 0. The molecular formula is C24H30F2N4O4. The highest BCUT2D eigenvalue weighted by Crippen LogP contribution is 2.34. The predicted octanol–water partition coefficient (Wildman–Crippen LogP) is 2.53. The largest absolute Gasteiger partial charge is 0.436 e. The molecule has 3 heterocycles. The lowest BCUT2D eigenvalue weighted by Crippen LogP contribution is -2.62. The number of halogens is 2. The van der Waals surface area contributed by atoms with Crippen molar-refractivity contribution >= 4 is 12.0 Å². The Hall–Kier alpha value is -2.77. The molecule has 4 rings (SSSR count). The third-order valence-electron chi connectivity index (χ3n) is 6.90. The van der Waals surface area contributed by atoms with E-state index < -0.39 is 29.4 Å². The van der Waals surface area contributed by atoms with Crippen molar-refractivity contribution in [2.24, 2.45) is 5.92 Å². The zero-order chi connectivity index (χ0) is 24.3. The van der Waals surface area contributed by atoms with Crippen molar-refractivity contribution in [3.63, 3.8) is 0 Å². The van der Waals surface area contributed by atoms with Crippen LogP contribution in [-0.2, 0) is 20.8 Å². The molecule has 0 spiro atoms. The van der Waals surface area contributed by atoms with Gasteiger partial charge in [-0.15, -0.1) is 0 Å². The molecule has 2 amide bonds. The Labute approximate surface area is 198 Å². The minimum atomic E-state index is -1.00. The molecule has 34 heavy (non-hydrogen) atoms. The van der Waals surface area contributed by atoms with Gasteiger partial charge in [0.05, 0.1) is 19.3 Å². The van der Waals surface area contributed by atoms with Gasteiger partial charge in [0.1, 0.15) is 17.2 Å². The summed E-state index contributed by atoms with van der Waals surface area (Å²) < 4.78 is 37.9. The maximum Gasteiger partial charge on any atom is 0.410 e. The Bertz CT molecular complexity index is 935. The number of benzene rings is 1. The average Bonchev–Trinajstić information content (AvgIpc) is 2.82. The SMILES string of the molecule is CC1CC(OC(=O)N2CCOCC2)C(=O)N(C2(C#N)CCN(Cc3cc(F)cc(F)c3)CC2)C1. The number of morpholine rings is 1. The number of carbonyl (C=O) groups is 2. The third kappa shape index (κ3) is 5.31. The minimum absolute atomic E-state index is 0.0683. The first-order chi connectivity index (χ1) is 16.3. The van der Waals surface area contributed by atoms with Crippen molar-refractivity contribution in [3.8, 4) is 6.07 Å². The predicted molar refractivity (Wildman–Crippen MR) is 117 cm³/mol. The van der Waals surface area contributed by atoms with Crippen molar-refractivity contribution < 1.29 is 27.8 Å². The van der Waals surface area contributed by atoms with E-state index in [-0.39, 0.29) is 11.8 Å². The van der Waals surface area contributed by atoms with E-state index >= 15 is 0 Å². The summed E-state index contributed by atoms with van der Waals surface area (Å²) in [5.74, 6) is -1.51. The lowest BCUT2D eigenvalue weighted by atomic mass is 9.83. The molecule has 3 aliphatic rings. The number of piperidine rings is 2. The molecule has 2 atom stereocenters. The second kappa shape index (κ2) is 10.2. The van der Waals surface area contributed by atoms with Gasteiger partial charge in [-0.25, -0.2) is 13.6 Å². The monoisotopic (exact) mass is 476 g/mol.